The molecule has 1 aromatic rings. The highest BCUT2D eigenvalue weighted by molar-refractivity contribution is 5.84. The van der Waals surface area contributed by atoms with E-state index in [4.69, 9.17) is 5.11 Å². The van der Waals surface area contributed by atoms with Gasteiger partial charge in [0.15, 0.2) is 5.69 Å². The fourth-order valence-electron chi connectivity index (χ4n) is 1.17. The molecule has 20 heavy (non-hydrogen) atoms. The van der Waals surface area contributed by atoms with Crippen LogP contribution in [0.5, 0.6) is 0 Å². The number of carboxylic acid groups (broad SMARTS) is 1. The number of nitrogens with one attached hydrogen (secondary N) is 2. The zero-order valence-electron chi connectivity index (χ0n) is 10.1. The SMILES string of the molecule is O=C(NCCn1cc(C(=O)O)nn1)NCCC(F)(F)F. The first-order valence-corrected chi connectivity index (χ1v) is 5.50. The summed E-state index contributed by atoms with van der Waals surface area (Å²) in [5, 5.41) is 19.8. The van der Waals surface area contributed by atoms with Crippen LogP contribution in [0.3, 0.4) is 0 Å². The van der Waals surface area contributed by atoms with Crippen molar-refractivity contribution >= 4 is 12.0 Å². The number of alkyl halides is 3. The number of nitrogens with zero attached hydrogens (tertiary/aromatic N) is 3. The highest BCUT2D eigenvalue weighted by atomic mass is 19.4. The molecule has 1 heterocycles. The molecular weight excluding hydrogens is 283 g/mol. The maximum atomic E-state index is 11.8. The number of carbonyl (C=O) groups excluding carboxylic acids is 1. The van der Waals surface area contributed by atoms with Gasteiger partial charge in [-0.15, -0.1) is 5.10 Å². The lowest BCUT2D eigenvalue weighted by molar-refractivity contribution is -0.132. The molecule has 0 aliphatic carbocycles. The van der Waals surface area contributed by atoms with Crippen LogP contribution in [0.2, 0.25) is 0 Å². The summed E-state index contributed by atoms with van der Waals surface area (Å²) in [7, 11) is 0. The Kier molecular flexibility index (Phi) is 5.29. The minimum absolute atomic E-state index is 0.0697. The van der Waals surface area contributed by atoms with E-state index in [0.29, 0.717) is 0 Å². The molecule has 2 amide bonds. The van der Waals surface area contributed by atoms with E-state index < -0.39 is 31.1 Å². The Balaban J connectivity index is 2.19. The van der Waals surface area contributed by atoms with E-state index in [0.717, 1.165) is 0 Å². The largest absolute Gasteiger partial charge is 0.476 e. The Morgan fingerprint density at radius 1 is 1.30 bits per heavy atom. The van der Waals surface area contributed by atoms with Crippen molar-refractivity contribution in [3.8, 4) is 0 Å². The zero-order chi connectivity index (χ0) is 15.2. The van der Waals surface area contributed by atoms with E-state index in [-0.39, 0.29) is 18.8 Å². The Morgan fingerprint density at radius 2 is 1.95 bits per heavy atom. The number of carboxylic acids is 1. The minimum Gasteiger partial charge on any atom is -0.476 e. The standard InChI is InChI=1S/C9H12F3N5O3/c10-9(11,12)1-2-13-8(20)14-3-4-17-5-6(7(18)19)15-16-17/h5H,1-4H2,(H,18,19)(H2,13,14,20). The van der Waals surface area contributed by atoms with Crippen LogP contribution in [0.25, 0.3) is 0 Å². The molecule has 0 unspecified atom stereocenters. The number of halogens is 3. The lowest BCUT2D eigenvalue weighted by atomic mass is 10.4. The van der Waals surface area contributed by atoms with Crippen LogP contribution < -0.4 is 10.6 Å². The molecule has 0 aromatic carbocycles. The molecule has 1 aromatic heterocycles. The molecule has 0 fully saturated rings. The van der Waals surface area contributed by atoms with E-state index in [2.05, 4.69) is 15.6 Å². The number of hydrogen-bond acceptors (Lipinski definition) is 4. The average molecular weight is 295 g/mol. The Hall–Kier alpha value is -2.33. The highest BCUT2D eigenvalue weighted by Crippen LogP contribution is 2.17. The molecule has 0 aliphatic rings. The molecule has 0 aliphatic heterocycles. The summed E-state index contributed by atoms with van der Waals surface area (Å²) in [6.07, 6.45) is -4.25. The molecule has 3 N–H and O–H groups in total. The molecule has 0 atom stereocenters. The first kappa shape index (κ1) is 15.7. The molecule has 0 saturated heterocycles. The Morgan fingerprint density at radius 3 is 2.50 bits per heavy atom. The average Bonchev–Trinajstić information content (AvgIpc) is 2.76. The number of rotatable bonds is 6. The third-order valence-electron chi connectivity index (χ3n) is 2.08. The lowest BCUT2D eigenvalue weighted by Crippen LogP contribution is -2.38. The fourth-order valence-corrected chi connectivity index (χ4v) is 1.17. The number of aromatic nitrogens is 3. The maximum Gasteiger partial charge on any atom is 0.390 e. The van der Waals surface area contributed by atoms with Crippen molar-refractivity contribution in [1.82, 2.24) is 25.6 Å². The van der Waals surface area contributed by atoms with Gasteiger partial charge in [0.25, 0.3) is 0 Å². The van der Waals surface area contributed by atoms with Gasteiger partial charge in [-0.25, -0.2) is 14.3 Å². The smallest absolute Gasteiger partial charge is 0.390 e. The van der Waals surface area contributed by atoms with Gasteiger partial charge >= 0.3 is 18.2 Å². The number of carbonyl (C=O) groups is 2. The second-order valence-electron chi connectivity index (χ2n) is 3.72. The summed E-state index contributed by atoms with van der Waals surface area (Å²) in [5.41, 5.74) is -0.236. The van der Waals surface area contributed by atoms with Gasteiger partial charge in [0.1, 0.15) is 0 Å². The van der Waals surface area contributed by atoms with Crippen molar-refractivity contribution in [1.29, 1.82) is 0 Å². The van der Waals surface area contributed by atoms with Crippen molar-refractivity contribution in [2.24, 2.45) is 0 Å². The van der Waals surface area contributed by atoms with Crippen molar-refractivity contribution in [3.63, 3.8) is 0 Å². The first-order chi connectivity index (χ1) is 9.28. The number of aromatic carboxylic acids is 1. The third-order valence-corrected chi connectivity index (χ3v) is 2.08. The number of urea groups is 1. The number of amides is 2. The second kappa shape index (κ2) is 6.73. The van der Waals surface area contributed by atoms with Gasteiger partial charge < -0.3 is 15.7 Å². The molecular formula is C9H12F3N5O3. The second-order valence-corrected chi connectivity index (χ2v) is 3.72. The van der Waals surface area contributed by atoms with Crippen LogP contribution in [0.1, 0.15) is 16.9 Å². The van der Waals surface area contributed by atoms with Gasteiger partial charge in [-0.3, -0.25) is 0 Å². The van der Waals surface area contributed by atoms with Gasteiger partial charge in [-0.05, 0) is 0 Å². The number of hydrogen-bond donors (Lipinski definition) is 3. The molecule has 8 nitrogen and oxygen atoms in total. The molecule has 0 saturated carbocycles. The monoisotopic (exact) mass is 295 g/mol. The Bertz CT molecular complexity index is 474. The summed E-state index contributed by atoms with van der Waals surface area (Å²) >= 11 is 0. The zero-order valence-corrected chi connectivity index (χ0v) is 10.1. The van der Waals surface area contributed by atoms with E-state index in [1.54, 1.807) is 0 Å². The van der Waals surface area contributed by atoms with E-state index in [1.165, 1.54) is 10.9 Å². The normalized spacial score (nSPS) is 11.2. The summed E-state index contributed by atoms with van der Waals surface area (Å²) in [5.74, 6) is -1.23. The van der Waals surface area contributed by atoms with Crippen LogP contribution in [0.15, 0.2) is 6.20 Å². The van der Waals surface area contributed by atoms with E-state index in [9.17, 15) is 22.8 Å². The van der Waals surface area contributed by atoms with Crippen LogP contribution in [0, 0.1) is 0 Å². The predicted molar refractivity (Wildman–Crippen MR) is 59.1 cm³/mol. The molecule has 0 bridgehead atoms. The van der Waals surface area contributed by atoms with Gasteiger partial charge in [0.2, 0.25) is 0 Å². The third kappa shape index (κ3) is 6.02. The highest BCUT2D eigenvalue weighted by Gasteiger charge is 2.26. The van der Waals surface area contributed by atoms with Gasteiger partial charge in [-0.1, -0.05) is 5.21 Å². The quantitative estimate of drug-likeness (QED) is 0.696. The first-order valence-electron chi connectivity index (χ1n) is 5.50. The van der Waals surface area contributed by atoms with E-state index in [1.807, 2.05) is 5.32 Å². The maximum absolute atomic E-state index is 11.8. The van der Waals surface area contributed by atoms with E-state index >= 15 is 0 Å². The van der Waals surface area contributed by atoms with Crippen molar-refractivity contribution in [2.75, 3.05) is 13.1 Å². The Labute approximate surface area is 110 Å². The molecule has 11 heteroatoms. The van der Waals surface area contributed by atoms with Crippen molar-refractivity contribution in [3.05, 3.63) is 11.9 Å². The van der Waals surface area contributed by atoms with Crippen molar-refractivity contribution < 1.29 is 27.9 Å². The van der Waals surface area contributed by atoms with Gasteiger partial charge in [-0.2, -0.15) is 13.2 Å². The van der Waals surface area contributed by atoms with Crippen LogP contribution in [-0.2, 0) is 6.54 Å². The topological polar surface area (TPSA) is 109 Å². The molecule has 1 rings (SSSR count). The van der Waals surface area contributed by atoms with Crippen molar-refractivity contribution in [2.45, 2.75) is 19.1 Å². The van der Waals surface area contributed by atoms with Crippen LogP contribution >= 0.6 is 0 Å². The molecule has 0 spiro atoms. The van der Waals surface area contributed by atoms with Gasteiger partial charge in [0.05, 0.1) is 19.2 Å². The van der Waals surface area contributed by atoms with Crippen LogP contribution in [-0.4, -0.2) is 51.4 Å². The van der Waals surface area contributed by atoms with Crippen LogP contribution in [0.4, 0.5) is 18.0 Å². The minimum atomic E-state index is -4.32. The molecule has 0 radical (unpaired) electrons. The fraction of sp³-hybridized carbons (Fsp3) is 0.556. The predicted octanol–water partition coefficient (Wildman–Crippen LogP) is 0.228. The molecule has 112 valence electrons. The summed E-state index contributed by atoms with van der Waals surface area (Å²) < 4.78 is 36.6. The summed E-state index contributed by atoms with van der Waals surface area (Å²) in [4.78, 5) is 21.6. The van der Waals surface area contributed by atoms with Gasteiger partial charge in [0, 0.05) is 13.1 Å². The lowest BCUT2D eigenvalue weighted by Gasteiger charge is -2.09. The summed E-state index contributed by atoms with van der Waals surface area (Å²) in [6.45, 7) is -0.297. The summed E-state index contributed by atoms with van der Waals surface area (Å²) in [6, 6.07) is -0.743.